The Hall–Kier alpha value is -0.700. The van der Waals surface area contributed by atoms with Gasteiger partial charge < -0.3 is 4.74 Å². The van der Waals surface area contributed by atoms with E-state index < -0.39 is 5.60 Å². The van der Waals surface area contributed by atoms with E-state index in [1.54, 1.807) is 0 Å². The average Bonchev–Trinajstić information content (AvgIpc) is 2.07. The maximum absolute atomic E-state index is 11.3. The van der Waals surface area contributed by atoms with Crippen LogP contribution in [0.4, 0.5) is 0 Å². The van der Waals surface area contributed by atoms with Crippen LogP contribution < -0.4 is 0 Å². The van der Waals surface area contributed by atoms with E-state index in [4.69, 9.17) is 4.74 Å². The maximum Gasteiger partial charge on any atom is 0.166 e. The minimum absolute atomic E-state index is 0.114. The van der Waals surface area contributed by atoms with E-state index in [0.717, 1.165) is 12.8 Å². The Labute approximate surface area is 71.1 Å². The van der Waals surface area contributed by atoms with Crippen molar-refractivity contribution < 1.29 is 14.3 Å². The van der Waals surface area contributed by atoms with Gasteiger partial charge in [-0.05, 0) is 12.8 Å². The van der Waals surface area contributed by atoms with Gasteiger partial charge in [0.25, 0.3) is 0 Å². The lowest BCUT2D eigenvalue weighted by Crippen LogP contribution is -2.62. The molecule has 0 saturated heterocycles. The standard InChI is InChI=1S/C9H12O3/c1-12-9-4-2-3-7(10)6(9)5-8(9)11/h6H,2-5H2,1H3. The Kier molecular flexibility index (Phi) is 1.58. The number of carbonyl (C=O) groups excluding carboxylic acids is 2. The van der Waals surface area contributed by atoms with Crippen LogP contribution in [0.1, 0.15) is 25.7 Å². The lowest BCUT2D eigenvalue weighted by Gasteiger charge is -2.48. The Morgan fingerprint density at radius 1 is 1.50 bits per heavy atom. The van der Waals surface area contributed by atoms with Crippen molar-refractivity contribution in [3.05, 3.63) is 0 Å². The summed E-state index contributed by atoms with van der Waals surface area (Å²) in [6, 6.07) is 0. The topological polar surface area (TPSA) is 43.4 Å². The van der Waals surface area contributed by atoms with Crippen molar-refractivity contribution in [2.24, 2.45) is 5.92 Å². The molecule has 2 rings (SSSR count). The third-order valence-corrected chi connectivity index (χ3v) is 3.15. The molecule has 2 unspecified atom stereocenters. The van der Waals surface area contributed by atoms with Crippen LogP contribution in [0.2, 0.25) is 0 Å². The van der Waals surface area contributed by atoms with Gasteiger partial charge in [0.2, 0.25) is 0 Å². The van der Waals surface area contributed by atoms with Gasteiger partial charge in [-0.2, -0.15) is 0 Å². The lowest BCUT2D eigenvalue weighted by atomic mass is 9.60. The molecule has 0 bridgehead atoms. The number of hydrogen-bond donors (Lipinski definition) is 0. The van der Waals surface area contributed by atoms with E-state index >= 15 is 0 Å². The first kappa shape index (κ1) is 7.92. The molecule has 0 aliphatic heterocycles. The first-order valence-corrected chi connectivity index (χ1v) is 4.32. The van der Waals surface area contributed by atoms with E-state index in [2.05, 4.69) is 0 Å². The molecule has 0 aromatic carbocycles. The fourth-order valence-electron chi connectivity index (χ4n) is 2.33. The van der Waals surface area contributed by atoms with Crippen molar-refractivity contribution in [2.75, 3.05) is 7.11 Å². The quantitative estimate of drug-likeness (QED) is 0.579. The normalized spacial score (nSPS) is 40.6. The summed E-state index contributed by atoms with van der Waals surface area (Å²) in [5, 5.41) is 0. The van der Waals surface area contributed by atoms with Crippen LogP contribution in [-0.4, -0.2) is 24.3 Å². The minimum Gasteiger partial charge on any atom is -0.370 e. The van der Waals surface area contributed by atoms with Crippen LogP contribution in [0, 0.1) is 5.92 Å². The Bertz CT molecular complexity index is 244. The molecule has 0 amide bonds. The van der Waals surface area contributed by atoms with Crippen LogP contribution in [-0.2, 0) is 14.3 Å². The summed E-state index contributed by atoms with van der Waals surface area (Å²) in [5.41, 5.74) is -0.699. The van der Waals surface area contributed by atoms with Gasteiger partial charge in [0, 0.05) is 20.0 Å². The molecule has 2 atom stereocenters. The number of hydrogen-bond acceptors (Lipinski definition) is 3. The van der Waals surface area contributed by atoms with Gasteiger partial charge >= 0.3 is 0 Å². The number of fused-ring (bicyclic) bond motifs is 1. The molecule has 2 aliphatic rings. The molecule has 0 aromatic heterocycles. The van der Waals surface area contributed by atoms with Gasteiger partial charge in [-0.15, -0.1) is 0 Å². The van der Waals surface area contributed by atoms with E-state index in [-0.39, 0.29) is 17.5 Å². The lowest BCUT2D eigenvalue weighted by molar-refractivity contribution is -0.180. The van der Waals surface area contributed by atoms with Gasteiger partial charge in [0.05, 0.1) is 5.92 Å². The van der Waals surface area contributed by atoms with Gasteiger partial charge in [0.15, 0.2) is 5.78 Å². The summed E-state index contributed by atoms with van der Waals surface area (Å²) < 4.78 is 5.19. The number of Topliss-reactive ketones (excluding diaryl/α,β-unsaturated/α-hetero) is 2. The van der Waals surface area contributed by atoms with E-state index in [0.29, 0.717) is 12.8 Å². The van der Waals surface area contributed by atoms with Gasteiger partial charge in [-0.3, -0.25) is 9.59 Å². The number of ether oxygens (including phenoxy) is 1. The van der Waals surface area contributed by atoms with Crippen LogP contribution in [0.5, 0.6) is 0 Å². The molecule has 3 nitrogen and oxygen atoms in total. The SMILES string of the molecule is COC12CCCC(=O)C1CC2=O. The highest BCUT2D eigenvalue weighted by atomic mass is 16.5. The summed E-state index contributed by atoms with van der Waals surface area (Å²) in [4.78, 5) is 22.6. The molecule has 0 spiro atoms. The largest absolute Gasteiger partial charge is 0.370 e. The van der Waals surface area contributed by atoms with E-state index in [1.807, 2.05) is 0 Å². The molecular formula is C9H12O3. The predicted molar refractivity (Wildman–Crippen MR) is 41.7 cm³/mol. The second-order valence-electron chi connectivity index (χ2n) is 3.59. The minimum atomic E-state index is -0.699. The Morgan fingerprint density at radius 3 is 2.75 bits per heavy atom. The van der Waals surface area contributed by atoms with Gasteiger partial charge in [-0.1, -0.05) is 0 Å². The number of ketones is 2. The molecule has 0 radical (unpaired) electrons. The summed E-state index contributed by atoms with van der Waals surface area (Å²) >= 11 is 0. The highest BCUT2D eigenvalue weighted by Crippen LogP contribution is 2.46. The molecule has 2 saturated carbocycles. The molecule has 0 aromatic rings. The average molecular weight is 168 g/mol. The zero-order chi connectivity index (χ0) is 8.77. The van der Waals surface area contributed by atoms with E-state index in [1.165, 1.54) is 7.11 Å². The van der Waals surface area contributed by atoms with Gasteiger partial charge in [-0.25, -0.2) is 0 Å². The number of methoxy groups -OCH3 is 1. The molecule has 66 valence electrons. The summed E-state index contributed by atoms with van der Waals surface area (Å²) in [5.74, 6) is 0.203. The summed E-state index contributed by atoms with van der Waals surface area (Å²) in [6.07, 6.45) is 2.57. The smallest absolute Gasteiger partial charge is 0.166 e. The zero-order valence-corrected chi connectivity index (χ0v) is 7.13. The Morgan fingerprint density at radius 2 is 2.25 bits per heavy atom. The fraction of sp³-hybridized carbons (Fsp3) is 0.778. The monoisotopic (exact) mass is 168 g/mol. The van der Waals surface area contributed by atoms with Crippen molar-refractivity contribution in [3.8, 4) is 0 Å². The summed E-state index contributed by atoms with van der Waals surface area (Å²) in [7, 11) is 1.53. The first-order valence-electron chi connectivity index (χ1n) is 4.32. The highest BCUT2D eigenvalue weighted by Gasteiger charge is 2.59. The molecule has 3 heteroatoms. The maximum atomic E-state index is 11.3. The molecule has 2 fully saturated rings. The fourth-order valence-corrected chi connectivity index (χ4v) is 2.33. The van der Waals surface area contributed by atoms with Crippen molar-refractivity contribution in [1.82, 2.24) is 0 Å². The predicted octanol–water partition coefficient (Wildman–Crippen LogP) is 0.714. The van der Waals surface area contributed by atoms with Gasteiger partial charge in [0.1, 0.15) is 11.4 Å². The molecule has 2 aliphatic carbocycles. The second kappa shape index (κ2) is 2.39. The molecule has 0 heterocycles. The van der Waals surface area contributed by atoms with Crippen LogP contribution in [0.15, 0.2) is 0 Å². The zero-order valence-electron chi connectivity index (χ0n) is 7.13. The number of rotatable bonds is 1. The molecule has 12 heavy (non-hydrogen) atoms. The first-order chi connectivity index (χ1) is 5.70. The molecular weight excluding hydrogens is 156 g/mol. The van der Waals surface area contributed by atoms with Crippen molar-refractivity contribution in [1.29, 1.82) is 0 Å². The van der Waals surface area contributed by atoms with Crippen LogP contribution in [0.25, 0.3) is 0 Å². The van der Waals surface area contributed by atoms with Crippen molar-refractivity contribution in [2.45, 2.75) is 31.3 Å². The van der Waals surface area contributed by atoms with Crippen molar-refractivity contribution in [3.63, 3.8) is 0 Å². The number of carbonyl (C=O) groups is 2. The van der Waals surface area contributed by atoms with Crippen LogP contribution in [0.3, 0.4) is 0 Å². The molecule has 0 N–H and O–H groups in total. The van der Waals surface area contributed by atoms with E-state index in [9.17, 15) is 9.59 Å². The van der Waals surface area contributed by atoms with Crippen LogP contribution >= 0.6 is 0 Å². The Balaban J connectivity index is 2.26. The second-order valence-corrected chi connectivity index (χ2v) is 3.59. The highest BCUT2D eigenvalue weighted by molar-refractivity contribution is 6.05. The van der Waals surface area contributed by atoms with Crippen molar-refractivity contribution >= 4 is 11.6 Å². The summed E-state index contributed by atoms with van der Waals surface area (Å²) in [6.45, 7) is 0. The third-order valence-electron chi connectivity index (χ3n) is 3.15. The third kappa shape index (κ3) is 0.746.